The molecule has 3 aromatic heterocycles. The van der Waals surface area contributed by atoms with Crippen molar-refractivity contribution in [1.82, 2.24) is 29.0 Å². The summed E-state index contributed by atoms with van der Waals surface area (Å²) < 4.78 is 9.06. The first-order chi connectivity index (χ1) is 15.2. The lowest BCUT2D eigenvalue weighted by Gasteiger charge is -2.32. The lowest BCUT2D eigenvalue weighted by molar-refractivity contribution is 0.0664. The zero-order valence-electron chi connectivity index (χ0n) is 17.4. The van der Waals surface area contributed by atoms with Crippen LogP contribution in [0, 0.1) is 5.92 Å². The number of ether oxygens (including phenoxy) is 1. The van der Waals surface area contributed by atoms with Crippen LogP contribution in [0.4, 0.5) is 0 Å². The van der Waals surface area contributed by atoms with Crippen molar-refractivity contribution < 1.29 is 9.53 Å². The summed E-state index contributed by atoms with van der Waals surface area (Å²) in [5.41, 5.74) is 2.98. The number of piperidine rings is 1. The Labute approximate surface area is 180 Å². The smallest absolute Gasteiger partial charge is 0.259 e. The molecule has 4 heterocycles. The van der Waals surface area contributed by atoms with Crippen LogP contribution in [0.3, 0.4) is 0 Å². The highest BCUT2D eigenvalue weighted by molar-refractivity contribution is 6.00. The molecule has 8 heteroatoms. The van der Waals surface area contributed by atoms with Gasteiger partial charge >= 0.3 is 0 Å². The fourth-order valence-corrected chi connectivity index (χ4v) is 4.28. The van der Waals surface area contributed by atoms with Crippen molar-refractivity contribution in [3.05, 3.63) is 67.0 Å². The quantitative estimate of drug-likeness (QED) is 0.499. The predicted octanol–water partition coefficient (Wildman–Crippen LogP) is 3.15. The Bertz CT molecular complexity index is 1180. The monoisotopic (exact) mass is 416 g/mol. The van der Waals surface area contributed by atoms with Crippen LogP contribution in [0.2, 0.25) is 0 Å². The number of likely N-dealkylation sites (tertiary alicyclic amines) is 1. The van der Waals surface area contributed by atoms with Crippen LogP contribution in [0.25, 0.3) is 16.9 Å². The van der Waals surface area contributed by atoms with Crippen molar-refractivity contribution in [2.45, 2.75) is 19.4 Å². The minimum atomic E-state index is -0.00953. The van der Waals surface area contributed by atoms with Gasteiger partial charge in [-0.2, -0.15) is 5.10 Å². The van der Waals surface area contributed by atoms with Crippen LogP contribution in [-0.2, 0) is 6.54 Å². The van der Waals surface area contributed by atoms with Crippen LogP contribution >= 0.6 is 0 Å². The minimum absolute atomic E-state index is 0.00953. The molecule has 31 heavy (non-hydrogen) atoms. The van der Waals surface area contributed by atoms with E-state index in [1.54, 1.807) is 30.2 Å². The van der Waals surface area contributed by atoms with Gasteiger partial charge in [0.1, 0.15) is 11.3 Å². The fraction of sp³-hybridized carbons (Fsp3) is 0.304. The second-order valence-electron chi connectivity index (χ2n) is 7.87. The van der Waals surface area contributed by atoms with Crippen molar-refractivity contribution in [3.8, 4) is 17.0 Å². The molecule has 0 N–H and O–H groups in total. The van der Waals surface area contributed by atoms with E-state index in [2.05, 4.69) is 19.6 Å². The second kappa shape index (κ2) is 8.22. The molecule has 1 amide bonds. The lowest BCUT2D eigenvalue weighted by atomic mass is 9.97. The highest BCUT2D eigenvalue weighted by atomic mass is 16.5. The number of aromatic nitrogens is 5. The molecule has 0 saturated carbocycles. The van der Waals surface area contributed by atoms with Gasteiger partial charge in [0.2, 0.25) is 0 Å². The molecule has 1 unspecified atom stereocenters. The van der Waals surface area contributed by atoms with Crippen LogP contribution in [0.15, 0.2) is 61.4 Å². The van der Waals surface area contributed by atoms with Crippen molar-refractivity contribution in [3.63, 3.8) is 0 Å². The van der Waals surface area contributed by atoms with Crippen LogP contribution in [0.1, 0.15) is 23.2 Å². The van der Waals surface area contributed by atoms with Crippen LogP contribution < -0.4 is 4.74 Å². The molecule has 1 saturated heterocycles. The number of rotatable bonds is 5. The van der Waals surface area contributed by atoms with Gasteiger partial charge in [0.05, 0.1) is 25.3 Å². The Morgan fingerprint density at radius 3 is 2.84 bits per heavy atom. The van der Waals surface area contributed by atoms with Gasteiger partial charge in [-0.15, -0.1) is 0 Å². The normalized spacial score (nSPS) is 16.5. The first-order valence-corrected chi connectivity index (χ1v) is 10.4. The minimum Gasteiger partial charge on any atom is -0.497 e. The van der Waals surface area contributed by atoms with Crippen LogP contribution in [-0.4, -0.2) is 55.2 Å². The van der Waals surface area contributed by atoms with E-state index in [0.717, 1.165) is 49.5 Å². The van der Waals surface area contributed by atoms with Gasteiger partial charge in [0.15, 0.2) is 5.65 Å². The van der Waals surface area contributed by atoms with E-state index >= 15 is 0 Å². The van der Waals surface area contributed by atoms with Gasteiger partial charge in [-0.25, -0.2) is 14.5 Å². The molecule has 4 aromatic rings. The molecule has 0 radical (unpaired) electrons. The predicted molar refractivity (Wildman–Crippen MR) is 116 cm³/mol. The number of amides is 1. The summed E-state index contributed by atoms with van der Waals surface area (Å²) in [5, 5.41) is 4.50. The average Bonchev–Trinajstić information content (AvgIpc) is 3.48. The molecular formula is C23H24N6O2. The summed E-state index contributed by atoms with van der Waals surface area (Å²) >= 11 is 0. The Morgan fingerprint density at radius 2 is 2.06 bits per heavy atom. The maximum atomic E-state index is 13.4. The fourth-order valence-electron chi connectivity index (χ4n) is 4.28. The number of imidazole rings is 1. The zero-order chi connectivity index (χ0) is 21.2. The van der Waals surface area contributed by atoms with Gasteiger partial charge < -0.3 is 14.2 Å². The number of benzene rings is 1. The number of carbonyl (C=O) groups excluding carboxylic acids is 1. The third kappa shape index (κ3) is 3.76. The Morgan fingerprint density at radius 1 is 1.19 bits per heavy atom. The van der Waals surface area contributed by atoms with E-state index in [1.807, 2.05) is 47.8 Å². The maximum Gasteiger partial charge on any atom is 0.259 e. The third-order valence-corrected chi connectivity index (χ3v) is 5.85. The Kier molecular flexibility index (Phi) is 5.11. The number of nitrogens with zero attached hydrogens (tertiary/aromatic N) is 6. The summed E-state index contributed by atoms with van der Waals surface area (Å²) in [6, 6.07) is 9.67. The summed E-state index contributed by atoms with van der Waals surface area (Å²) in [5.74, 6) is 1.20. The van der Waals surface area contributed by atoms with Crippen molar-refractivity contribution in [2.75, 3.05) is 20.2 Å². The topological polar surface area (TPSA) is 77.5 Å². The molecule has 1 atom stereocenters. The van der Waals surface area contributed by atoms with E-state index in [-0.39, 0.29) is 5.91 Å². The van der Waals surface area contributed by atoms with Crippen molar-refractivity contribution in [1.29, 1.82) is 0 Å². The lowest BCUT2D eigenvalue weighted by Crippen LogP contribution is -2.41. The summed E-state index contributed by atoms with van der Waals surface area (Å²) in [4.78, 5) is 23.9. The van der Waals surface area contributed by atoms with E-state index < -0.39 is 0 Å². The van der Waals surface area contributed by atoms with Gasteiger partial charge in [0, 0.05) is 43.8 Å². The molecule has 1 fully saturated rings. The molecule has 5 rings (SSSR count). The molecule has 0 aliphatic carbocycles. The van der Waals surface area contributed by atoms with Crippen molar-refractivity contribution in [2.24, 2.45) is 5.92 Å². The number of hydrogen-bond acceptors (Lipinski definition) is 5. The largest absolute Gasteiger partial charge is 0.497 e. The van der Waals surface area contributed by atoms with Gasteiger partial charge in [-0.3, -0.25) is 4.79 Å². The summed E-state index contributed by atoms with van der Waals surface area (Å²) in [6.45, 7) is 2.36. The van der Waals surface area contributed by atoms with Gasteiger partial charge in [0.25, 0.3) is 5.91 Å². The molecule has 1 aliphatic heterocycles. The summed E-state index contributed by atoms with van der Waals surface area (Å²) in [6.07, 6.45) is 11.1. The molecule has 1 aromatic carbocycles. The third-order valence-electron chi connectivity index (χ3n) is 5.85. The van der Waals surface area contributed by atoms with E-state index in [1.165, 1.54) is 0 Å². The standard InChI is InChI=1S/C23H24N6O2/c1-31-19-6-4-18(5-7-19)21-8-9-25-22-20(13-26-29(21)22)23(30)28-11-2-3-17(15-28)14-27-12-10-24-16-27/h4-10,12-13,16-17H,2-3,11,14-15H2,1H3. The second-order valence-corrected chi connectivity index (χ2v) is 7.87. The van der Waals surface area contributed by atoms with Gasteiger partial charge in [-0.1, -0.05) is 0 Å². The average molecular weight is 416 g/mol. The first-order valence-electron chi connectivity index (χ1n) is 10.4. The van der Waals surface area contributed by atoms with E-state index in [0.29, 0.717) is 17.1 Å². The van der Waals surface area contributed by atoms with E-state index in [9.17, 15) is 4.79 Å². The molecule has 0 spiro atoms. The Hall–Kier alpha value is -3.68. The molecule has 158 valence electrons. The molecule has 0 bridgehead atoms. The highest BCUT2D eigenvalue weighted by Gasteiger charge is 2.27. The van der Waals surface area contributed by atoms with Crippen molar-refractivity contribution >= 4 is 11.6 Å². The molecular weight excluding hydrogens is 392 g/mol. The number of carbonyl (C=O) groups is 1. The Balaban J connectivity index is 1.40. The molecule has 1 aliphatic rings. The number of hydrogen-bond donors (Lipinski definition) is 0. The SMILES string of the molecule is COc1ccc(-c2ccnc3c(C(=O)N4CCCC(Cn5ccnc5)C4)cnn23)cc1. The van der Waals surface area contributed by atoms with Crippen LogP contribution in [0.5, 0.6) is 5.75 Å². The zero-order valence-corrected chi connectivity index (χ0v) is 17.4. The highest BCUT2D eigenvalue weighted by Crippen LogP contribution is 2.25. The summed E-state index contributed by atoms with van der Waals surface area (Å²) in [7, 11) is 1.64. The number of methoxy groups -OCH3 is 1. The first kappa shape index (κ1) is 19.3. The van der Waals surface area contributed by atoms with Gasteiger partial charge in [-0.05, 0) is 49.1 Å². The van der Waals surface area contributed by atoms with E-state index in [4.69, 9.17) is 4.74 Å². The molecule has 8 nitrogen and oxygen atoms in total. The number of fused-ring (bicyclic) bond motifs is 1. The maximum absolute atomic E-state index is 13.4.